The highest BCUT2D eigenvalue weighted by molar-refractivity contribution is 6.30. The summed E-state index contributed by atoms with van der Waals surface area (Å²) >= 11 is 6.28. The number of aromatic amines is 1. The molecule has 262 valence electrons. The van der Waals surface area contributed by atoms with Crippen LogP contribution in [-0.4, -0.2) is 58.4 Å². The van der Waals surface area contributed by atoms with Crippen LogP contribution in [0.4, 0.5) is 16.3 Å². The van der Waals surface area contributed by atoms with E-state index < -0.39 is 29.6 Å². The van der Waals surface area contributed by atoms with E-state index in [1.165, 1.54) is 44.1 Å². The van der Waals surface area contributed by atoms with E-state index in [0.717, 1.165) is 4.90 Å². The van der Waals surface area contributed by atoms with Gasteiger partial charge in [-0.3, -0.25) is 9.59 Å². The summed E-state index contributed by atoms with van der Waals surface area (Å²) in [5.74, 6) is -1.17. The van der Waals surface area contributed by atoms with E-state index in [9.17, 15) is 19.6 Å². The van der Waals surface area contributed by atoms with Gasteiger partial charge in [-0.2, -0.15) is 5.26 Å². The number of amides is 3. The summed E-state index contributed by atoms with van der Waals surface area (Å²) in [6, 6.07) is 16.9. The van der Waals surface area contributed by atoms with Gasteiger partial charge in [0.1, 0.15) is 23.0 Å². The number of hydrogen-bond donors (Lipinski definition) is 3. The lowest BCUT2D eigenvalue weighted by Gasteiger charge is -2.28. The number of H-pyrrole nitrogens is 1. The van der Waals surface area contributed by atoms with Gasteiger partial charge in [0, 0.05) is 41.6 Å². The fourth-order valence-corrected chi connectivity index (χ4v) is 5.13. The second-order valence-corrected chi connectivity index (χ2v) is 12.5. The van der Waals surface area contributed by atoms with Crippen molar-refractivity contribution in [1.29, 1.82) is 5.26 Å². The largest absolute Gasteiger partial charge is 0.467 e. The molecule has 0 bridgehead atoms. The molecule has 14 nitrogen and oxygen atoms in total. The number of rotatable bonds is 11. The molecule has 0 saturated carbocycles. The molecular weight excluding hydrogens is 678 g/mol. The maximum absolute atomic E-state index is 13.9. The number of carbonyl (C=O) groups excluding carboxylic acids is 3. The van der Waals surface area contributed by atoms with Crippen molar-refractivity contribution < 1.29 is 33.0 Å². The van der Waals surface area contributed by atoms with Gasteiger partial charge in [0.25, 0.3) is 11.8 Å². The summed E-state index contributed by atoms with van der Waals surface area (Å²) < 4.78 is 21.7. The van der Waals surface area contributed by atoms with Gasteiger partial charge < -0.3 is 34.7 Å². The zero-order valence-corrected chi connectivity index (χ0v) is 28.9. The first kappa shape index (κ1) is 36.3. The number of ether oxygens (including phenoxy) is 3. The van der Waals surface area contributed by atoms with Crippen molar-refractivity contribution >= 4 is 41.0 Å². The van der Waals surface area contributed by atoms with Gasteiger partial charge >= 0.3 is 6.09 Å². The average molecular weight is 712 g/mol. The third-order valence-electron chi connectivity index (χ3n) is 7.18. The molecule has 51 heavy (non-hydrogen) atoms. The standard InChI is InChI=1S/C36H34ClN7O7/c1-36(2,3)51-35(47)44(34(46)28(39)15-23-18-40-19-41-23)24-8-5-7-21(13-24)26-16-29(25-11-10-22(37)14-31(25)50-20-48-4)42-32(27(26)17-38)43-33(45)30-9-6-12-49-30/h5-14,16,18-19,28H,15,20,39H2,1-4H3,(H,40,41)(H,42,43,45)/t28-/m0/s1. The van der Waals surface area contributed by atoms with Crippen LogP contribution in [-0.2, 0) is 20.7 Å². The number of carbonyl (C=O) groups is 3. The molecule has 0 fully saturated rings. The van der Waals surface area contributed by atoms with E-state index in [1.54, 1.807) is 63.2 Å². The zero-order valence-electron chi connectivity index (χ0n) is 28.1. The Morgan fingerprint density at radius 1 is 1.12 bits per heavy atom. The van der Waals surface area contributed by atoms with Crippen molar-refractivity contribution in [2.75, 3.05) is 24.1 Å². The summed E-state index contributed by atoms with van der Waals surface area (Å²) in [5, 5.41) is 13.5. The van der Waals surface area contributed by atoms with Gasteiger partial charge in [0.05, 0.1) is 30.0 Å². The van der Waals surface area contributed by atoms with Crippen LogP contribution in [0.5, 0.6) is 5.75 Å². The van der Waals surface area contributed by atoms with Crippen LogP contribution in [0, 0.1) is 11.3 Å². The Morgan fingerprint density at radius 3 is 2.59 bits per heavy atom. The molecule has 0 radical (unpaired) electrons. The highest BCUT2D eigenvalue weighted by Crippen LogP contribution is 2.38. The fourth-order valence-electron chi connectivity index (χ4n) is 4.97. The summed E-state index contributed by atoms with van der Waals surface area (Å²) in [4.78, 5) is 53.0. The van der Waals surface area contributed by atoms with Crippen LogP contribution >= 0.6 is 11.6 Å². The topological polar surface area (TPSA) is 199 Å². The maximum atomic E-state index is 13.9. The molecule has 2 aromatic carbocycles. The van der Waals surface area contributed by atoms with E-state index >= 15 is 0 Å². The van der Waals surface area contributed by atoms with E-state index in [-0.39, 0.29) is 41.7 Å². The van der Waals surface area contributed by atoms with Gasteiger partial charge in [-0.25, -0.2) is 19.7 Å². The van der Waals surface area contributed by atoms with E-state index in [2.05, 4.69) is 26.3 Å². The van der Waals surface area contributed by atoms with E-state index in [4.69, 9.17) is 36.0 Å². The predicted molar refractivity (Wildman–Crippen MR) is 188 cm³/mol. The Balaban J connectivity index is 1.66. The molecular formula is C36H34ClN7O7. The molecule has 0 spiro atoms. The molecule has 0 saturated heterocycles. The molecule has 0 aliphatic rings. The third-order valence-corrected chi connectivity index (χ3v) is 7.42. The van der Waals surface area contributed by atoms with Crippen LogP contribution in [0.15, 0.2) is 83.9 Å². The van der Waals surface area contributed by atoms with E-state index in [0.29, 0.717) is 33.2 Å². The monoisotopic (exact) mass is 711 g/mol. The normalized spacial score (nSPS) is 11.7. The average Bonchev–Trinajstić information content (AvgIpc) is 3.82. The Kier molecular flexibility index (Phi) is 11.2. The van der Waals surface area contributed by atoms with Crippen LogP contribution in [0.25, 0.3) is 22.4 Å². The number of anilines is 2. The Bertz CT molecular complexity index is 2070. The zero-order chi connectivity index (χ0) is 36.7. The lowest BCUT2D eigenvalue weighted by atomic mass is 9.97. The quantitative estimate of drug-likeness (QED) is 0.129. The molecule has 5 rings (SSSR count). The van der Waals surface area contributed by atoms with Crippen molar-refractivity contribution in [3.63, 3.8) is 0 Å². The van der Waals surface area contributed by atoms with Crippen molar-refractivity contribution in [2.24, 2.45) is 5.73 Å². The number of pyridine rings is 1. The van der Waals surface area contributed by atoms with Crippen molar-refractivity contribution in [3.05, 3.63) is 101 Å². The minimum Gasteiger partial charge on any atom is -0.467 e. The number of halogens is 1. The molecule has 3 heterocycles. The number of aromatic nitrogens is 3. The van der Waals surface area contributed by atoms with Crippen molar-refractivity contribution in [2.45, 2.75) is 38.8 Å². The van der Waals surface area contributed by atoms with E-state index in [1.807, 2.05) is 0 Å². The van der Waals surface area contributed by atoms with Crippen LogP contribution in [0.2, 0.25) is 5.02 Å². The first-order valence-corrected chi connectivity index (χ1v) is 15.9. The molecule has 1 atom stereocenters. The molecule has 0 aliphatic heterocycles. The summed E-state index contributed by atoms with van der Waals surface area (Å²) in [7, 11) is 1.47. The molecule has 0 aliphatic carbocycles. The first-order valence-electron chi connectivity index (χ1n) is 15.5. The first-order chi connectivity index (χ1) is 24.4. The SMILES string of the molecule is COCOc1cc(Cl)ccc1-c1cc(-c2cccc(N(C(=O)OC(C)(C)C)C(=O)[C@@H](N)Cc3cnc[nH]3)c2)c(C#N)c(NC(=O)c2ccco2)n1. The van der Waals surface area contributed by atoms with Crippen LogP contribution in [0.3, 0.4) is 0 Å². The molecule has 15 heteroatoms. The molecule has 4 N–H and O–H groups in total. The predicted octanol–water partition coefficient (Wildman–Crippen LogP) is 6.33. The number of furan rings is 1. The number of nitriles is 1. The smallest absolute Gasteiger partial charge is 0.421 e. The van der Waals surface area contributed by atoms with Crippen LogP contribution < -0.4 is 20.7 Å². The van der Waals surface area contributed by atoms with Gasteiger partial charge in [0.15, 0.2) is 18.4 Å². The van der Waals surface area contributed by atoms with Crippen molar-refractivity contribution in [1.82, 2.24) is 15.0 Å². The highest BCUT2D eigenvalue weighted by Gasteiger charge is 2.33. The molecule has 5 aromatic rings. The number of methoxy groups -OCH3 is 1. The summed E-state index contributed by atoms with van der Waals surface area (Å²) in [6.45, 7) is 4.92. The van der Waals surface area contributed by atoms with Gasteiger partial charge in [-0.15, -0.1) is 0 Å². The Labute approximate surface area is 298 Å². The van der Waals surface area contributed by atoms with Gasteiger partial charge in [-0.1, -0.05) is 23.7 Å². The Morgan fingerprint density at radius 2 is 1.92 bits per heavy atom. The molecule has 0 unspecified atom stereocenters. The molecule has 3 amide bonds. The number of imide groups is 1. The fraction of sp³-hybridized carbons (Fsp3) is 0.222. The number of nitrogens with zero attached hydrogens (tertiary/aromatic N) is 4. The summed E-state index contributed by atoms with van der Waals surface area (Å²) in [5.41, 5.74) is 7.49. The lowest BCUT2D eigenvalue weighted by Crippen LogP contribution is -2.49. The van der Waals surface area contributed by atoms with Gasteiger partial charge in [0.2, 0.25) is 0 Å². The number of imidazole rings is 1. The number of nitrogens with one attached hydrogen (secondary N) is 2. The minimum absolute atomic E-state index is 0.0109. The maximum Gasteiger partial charge on any atom is 0.421 e. The third kappa shape index (κ3) is 8.78. The lowest BCUT2D eigenvalue weighted by molar-refractivity contribution is -0.119. The number of hydrogen-bond acceptors (Lipinski definition) is 11. The second-order valence-electron chi connectivity index (χ2n) is 12.1. The van der Waals surface area contributed by atoms with Crippen molar-refractivity contribution in [3.8, 4) is 34.2 Å². The number of benzene rings is 2. The Hall–Kier alpha value is -6.01. The van der Waals surface area contributed by atoms with Crippen LogP contribution in [0.1, 0.15) is 42.6 Å². The second kappa shape index (κ2) is 15.7. The number of nitrogens with two attached hydrogens (primary N) is 1. The minimum atomic E-state index is -1.15. The van der Waals surface area contributed by atoms with Gasteiger partial charge in [-0.05, 0) is 74.9 Å². The highest BCUT2D eigenvalue weighted by atomic mass is 35.5. The molecule has 3 aromatic heterocycles. The summed E-state index contributed by atoms with van der Waals surface area (Å²) in [6.07, 6.45) is 3.45.